The van der Waals surface area contributed by atoms with Gasteiger partial charge in [-0.3, -0.25) is 4.79 Å². The van der Waals surface area contributed by atoms with Gasteiger partial charge in [-0.25, -0.2) is 0 Å². The van der Waals surface area contributed by atoms with Crippen LogP contribution in [-0.4, -0.2) is 23.5 Å². The molecule has 2 aliphatic rings. The average molecular weight is 335 g/mol. The lowest BCUT2D eigenvalue weighted by atomic mass is 10.1. The summed E-state index contributed by atoms with van der Waals surface area (Å²) in [6, 6.07) is 15.2. The number of halogens is 1. The van der Waals surface area contributed by atoms with Crippen molar-refractivity contribution in [2.24, 2.45) is 0 Å². The van der Waals surface area contributed by atoms with Crippen molar-refractivity contribution in [1.82, 2.24) is 0 Å². The molecule has 3 rings (SSSR count). The lowest BCUT2D eigenvalue weighted by Crippen LogP contribution is -2.33. The topological polar surface area (TPSA) is 55.8 Å². The van der Waals surface area contributed by atoms with E-state index in [0.717, 1.165) is 0 Å². The minimum Gasteiger partial charge on any atom is -0.466 e. The van der Waals surface area contributed by atoms with E-state index in [1.165, 1.54) is 24.3 Å². The Bertz CT molecular complexity index is 720. The molecule has 4 nitrogen and oxygen atoms in total. The molecule has 1 aromatic rings. The molecule has 1 unspecified atom stereocenters. The summed E-state index contributed by atoms with van der Waals surface area (Å²) in [7, 11) is 0. The number of hydrogen-bond donors (Lipinski definition) is 1. The monoisotopic (exact) mass is 334 g/mol. The second kappa shape index (κ2) is 7.49. The van der Waals surface area contributed by atoms with E-state index in [4.69, 9.17) is 21.1 Å². The van der Waals surface area contributed by atoms with Crippen molar-refractivity contribution in [2.75, 3.05) is 6.61 Å². The highest BCUT2D eigenvalue weighted by Crippen LogP contribution is 2.22. The molecule has 0 aromatic heterocycles. The van der Waals surface area contributed by atoms with Crippen molar-refractivity contribution in [1.29, 1.82) is 0 Å². The fraction of sp³-hybridized carbons (Fsp3) is 0.278. The third-order valence-corrected chi connectivity index (χ3v) is 3.46. The molecule has 1 atom stereocenters. The molecule has 2 aliphatic carbocycles. The zero-order valence-corrected chi connectivity index (χ0v) is 13.8. The second-order valence-corrected chi connectivity index (χ2v) is 5.84. The lowest BCUT2D eigenvalue weighted by Gasteiger charge is -2.24. The number of carbonyl (C=O) groups is 1. The van der Waals surface area contributed by atoms with Crippen LogP contribution in [-0.2, 0) is 9.53 Å². The zero-order chi connectivity index (χ0) is 16.9. The molecule has 0 heterocycles. The van der Waals surface area contributed by atoms with Crippen molar-refractivity contribution < 1.29 is 19.4 Å². The fourth-order valence-corrected chi connectivity index (χ4v) is 2.06. The molecule has 1 aromatic carbocycles. The van der Waals surface area contributed by atoms with Crippen molar-refractivity contribution in [3.8, 4) is 5.75 Å². The third-order valence-electron chi connectivity index (χ3n) is 3.22. The van der Waals surface area contributed by atoms with E-state index >= 15 is 0 Å². The quantitative estimate of drug-likeness (QED) is 0.571. The Morgan fingerprint density at radius 3 is 2.22 bits per heavy atom. The Hall–Kier alpha value is -2.04. The first-order chi connectivity index (χ1) is 10.9. The number of esters is 1. The summed E-state index contributed by atoms with van der Waals surface area (Å²) in [5.74, 6) is -1.32. The number of rotatable bonds is 5. The van der Waals surface area contributed by atoms with Crippen molar-refractivity contribution >= 4 is 17.6 Å². The first-order valence-electron chi connectivity index (χ1n) is 7.26. The minimum absolute atomic E-state index is 0.100. The smallest absolute Gasteiger partial charge is 0.302 e. The number of hydrogen-bond acceptors (Lipinski definition) is 4. The van der Waals surface area contributed by atoms with Gasteiger partial charge in [0.25, 0.3) is 0 Å². The van der Waals surface area contributed by atoms with E-state index < -0.39 is 5.79 Å². The Balaban J connectivity index is 0.000000260. The van der Waals surface area contributed by atoms with Crippen LogP contribution in [0.2, 0.25) is 5.02 Å². The summed E-state index contributed by atoms with van der Waals surface area (Å²) < 4.78 is 10.1. The van der Waals surface area contributed by atoms with E-state index in [-0.39, 0.29) is 19.0 Å². The van der Waals surface area contributed by atoms with E-state index in [2.05, 4.69) is 24.3 Å². The first-order valence-corrected chi connectivity index (χ1v) is 7.64. The highest BCUT2D eigenvalue weighted by molar-refractivity contribution is 6.30. The molecule has 0 saturated carbocycles. The highest BCUT2D eigenvalue weighted by Gasteiger charge is 2.22. The van der Waals surface area contributed by atoms with E-state index in [0.29, 0.717) is 10.8 Å². The Kier molecular flexibility index (Phi) is 5.64. The van der Waals surface area contributed by atoms with Crippen molar-refractivity contribution in [2.45, 2.75) is 26.1 Å². The maximum atomic E-state index is 10.6. The molecule has 0 saturated heterocycles. The van der Waals surface area contributed by atoms with Gasteiger partial charge in [-0.15, -0.1) is 0 Å². The lowest BCUT2D eigenvalue weighted by molar-refractivity contribution is -0.153. The maximum absolute atomic E-state index is 10.6. The van der Waals surface area contributed by atoms with Gasteiger partial charge < -0.3 is 14.6 Å². The number of carbonyl (C=O) groups excluding carboxylic acids is 1. The summed E-state index contributed by atoms with van der Waals surface area (Å²) in [5, 5.41) is 13.3. The molecule has 0 spiro atoms. The summed E-state index contributed by atoms with van der Waals surface area (Å²) in [6.07, 6.45) is 0.180. The van der Waals surface area contributed by atoms with Gasteiger partial charge in [-0.1, -0.05) is 41.9 Å². The predicted octanol–water partition coefficient (Wildman–Crippen LogP) is 3.67. The van der Waals surface area contributed by atoms with Gasteiger partial charge in [-0.05, 0) is 28.6 Å². The largest absolute Gasteiger partial charge is 0.466 e. The molecule has 23 heavy (non-hydrogen) atoms. The summed E-state index contributed by atoms with van der Waals surface area (Å²) in [4.78, 5) is 10.6. The van der Waals surface area contributed by atoms with Gasteiger partial charge >= 0.3 is 5.97 Å². The standard InChI is InChI=1S/C12H15ClO4.C6H4/c1-9(14)16-7-6-12(2,15)17-11-5-3-4-10(13)8-11;1-2-6-4-3-5(1)6/h3-5,8,15H,6-7H2,1-2H3;1-4H. The van der Waals surface area contributed by atoms with Crippen LogP contribution in [0.1, 0.15) is 20.3 Å². The predicted molar refractivity (Wildman–Crippen MR) is 88.1 cm³/mol. The zero-order valence-electron chi connectivity index (χ0n) is 13.1. The number of benzene rings is 2. The van der Waals surface area contributed by atoms with Crippen LogP contribution in [0.25, 0.3) is 0 Å². The van der Waals surface area contributed by atoms with E-state index in [9.17, 15) is 9.90 Å². The maximum Gasteiger partial charge on any atom is 0.302 e. The highest BCUT2D eigenvalue weighted by atomic mass is 35.5. The van der Waals surface area contributed by atoms with Crippen LogP contribution in [0.15, 0.2) is 48.5 Å². The molecule has 122 valence electrons. The third kappa shape index (κ3) is 5.58. The summed E-state index contributed by atoms with van der Waals surface area (Å²) in [5.41, 5.74) is 0. The Labute approximate surface area is 139 Å². The Morgan fingerprint density at radius 2 is 1.78 bits per heavy atom. The van der Waals surface area contributed by atoms with Gasteiger partial charge in [0.05, 0.1) is 6.61 Å². The van der Waals surface area contributed by atoms with Gasteiger partial charge in [0.1, 0.15) is 5.75 Å². The van der Waals surface area contributed by atoms with Gasteiger partial charge in [0, 0.05) is 25.3 Å². The van der Waals surface area contributed by atoms with Crippen LogP contribution >= 0.6 is 11.6 Å². The number of aliphatic hydroxyl groups is 1. The molecule has 0 fully saturated rings. The molecule has 0 aliphatic heterocycles. The van der Waals surface area contributed by atoms with Gasteiger partial charge in [-0.2, -0.15) is 0 Å². The number of ether oxygens (including phenoxy) is 2. The first kappa shape index (κ1) is 17.3. The van der Waals surface area contributed by atoms with E-state index in [1.54, 1.807) is 24.3 Å². The summed E-state index contributed by atoms with van der Waals surface area (Å²) >= 11 is 5.79. The fourth-order valence-electron chi connectivity index (χ4n) is 1.88. The van der Waals surface area contributed by atoms with Crippen LogP contribution in [0.3, 0.4) is 0 Å². The van der Waals surface area contributed by atoms with E-state index in [1.807, 2.05) is 0 Å². The molecule has 1 N–H and O–H groups in total. The van der Waals surface area contributed by atoms with Crippen LogP contribution in [0.4, 0.5) is 0 Å². The summed E-state index contributed by atoms with van der Waals surface area (Å²) in [6.45, 7) is 2.91. The molecule has 5 heteroatoms. The molecule has 0 bridgehead atoms. The minimum atomic E-state index is -1.40. The molecule has 0 amide bonds. The van der Waals surface area contributed by atoms with Crippen LogP contribution < -0.4 is 4.74 Å². The molecule has 0 radical (unpaired) electrons. The van der Waals surface area contributed by atoms with Crippen molar-refractivity contribution in [3.05, 3.63) is 64.0 Å². The molecular formula is C18H19ClO4. The average Bonchev–Trinajstić information content (AvgIpc) is 2.42. The van der Waals surface area contributed by atoms with Gasteiger partial charge in [0.15, 0.2) is 0 Å². The van der Waals surface area contributed by atoms with Crippen molar-refractivity contribution in [3.63, 3.8) is 0 Å². The molecular weight excluding hydrogens is 316 g/mol. The SMILES string of the molecule is CC(=O)OCCC(C)(O)Oc1cccc(Cl)c1.c1cc2ccc1=2. The van der Waals surface area contributed by atoms with Gasteiger partial charge in [0.2, 0.25) is 5.79 Å². The van der Waals surface area contributed by atoms with Crippen LogP contribution in [0.5, 0.6) is 5.75 Å². The normalized spacial score (nSPS) is 13.2. The second-order valence-electron chi connectivity index (χ2n) is 5.40. The van der Waals surface area contributed by atoms with Crippen LogP contribution in [0, 0.1) is 10.4 Å². The Morgan fingerprint density at radius 1 is 1.17 bits per heavy atom.